The molecule has 0 saturated heterocycles. The molecule has 0 aliphatic rings. The van der Waals surface area contributed by atoms with E-state index in [0.717, 1.165) is 25.9 Å². The third-order valence-electron chi connectivity index (χ3n) is 3.23. The lowest BCUT2D eigenvalue weighted by Crippen LogP contribution is -2.06. The average molecular weight is 257 g/mol. The van der Waals surface area contributed by atoms with Crippen molar-refractivity contribution in [1.82, 2.24) is 9.55 Å². The minimum atomic E-state index is 0.827. The smallest absolute Gasteiger partial charge is 0.0948 e. The lowest BCUT2D eigenvalue weighted by atomic mass is 10.1. The zero-order valence-electron chi connectivity index (χ0n) is 11.9. The Morgan fingerprint density at radius 2 is 1.89 bits per heavy atom. The Balaban J connectivity index is 1.92. The van der Waals surface area contributed by atoms with Crippen LogP contribution in [0.3, 0.4) is 0 Å². The molecular weight excluding hydrogens is 234 g/mol. The van der Waals surface area contributed by atoms with E-state index in [1.807, 2.05) is 12.5 Å². The van der Waals surface area contributed by atoms with E-state index >= 15 is 0 Å². The van der Waals surface area contributed by atoms with E-state index in [0.29, 0.717) is 0 Å². The molecule has 0 aliphatic carbocycles. The summed E-state index contributed by atoms with van der Waals surface area (Å²) in [6.45, 7) is 6.25. The number of benzene rings is 1. The van der Waals surface area contributed by atoms with Crippen LogP contribution in [0.25, 0.3) is 0 Å². The van der Waals surface area contributed by atoms with Gasteiger partial charge in [0.1, 0.15) is 0 Å². The number of hydrogen-bond donors (Lipinski definition) is 1. The van der Waals surface area contributed by atoms with Gasteiger partial charge in [-0.05, 0) is 30.5 Å². The molecule has 2 aromatic rings. The first-order valence-corrected chi connectivity index (χ1v) is 7.15. The van der Waals surface area contributed by atoms with E-state index in [4.69, 9.17) is 0 Å². The van der Waals surface area contributed by atoms with Gasteiger partial charge in [0.15, 0.2) is 0 Å². The van der Waals surface area contributed by atoms with E-state index in [9.17, 15) is 0 Å². The first-order valence-electron chi connectivity index (χ1n) is 7.15. The van der Waals surface area contributed by atoms with E-state index in [1.54, 1.807) is 0 Å². The standard InChI is InChI=1S/C16H23N3/c1-3-5-14-6-8-15(9-7-14)18-12-16-11-17-13-19(16)10-4-2/h6-9,11,13,18H,3-5,10,12H2,1-2H3. The molecule has 3 heteroatoms. The van der Waals surface area contributed by atoms with Gasteiger partial charge in [0.2, 0.25) is 0 Å². The van der Waals surface area contributed by atoms with E-state index in [1.165, 1.54) is 23.4 Å². The number of imidazole rings is 1. The molecule has 0 radical (unpaired) electrons. The van der Waals surface area contributed by atoms with Crippen molar-refractivity contribution in [3.8, 4) is 0 Å². The molecule has 0 unspecified atom stereocenters. The summed E-state index contributed by atoms with van der Waals surface area (Å²) in [5, 5.41) is 3.45. The van der Waals surface area contributed by atoms with Crippen LogP contribution in [0.5, 0.6) is 0 Å². The van der Waals surface area contributed by atoms with E-state index in [-0.39, 0.29) is 0 Å². The number of hydrogen-bond acceptors (Lipinski definition) is 2. The first-order chi connectivity index (χ1) is 9.33. The number of aromatic nitrogens is 2. The van der Waals surface area contributed by atoms with Gasteiger partial charge in [-0.25, -0.2) is 4.98 Å². The molecule has 0 aliphatic heterocycles. The highest BCUT2D eigenvalue weighted by Gasteiger charge is 2.01. The van der Waals surface area contributed by atoms with Crippen LogP contribution in [-0.2, 0) is 19.5 Å². The van der Waals surface area contributed by atoms with Crippen LogP contribution in [0.15, 0.2) is 36.8 Å². The number of rotatable bonds is 7. The molecular formula is C16H23N3. The van der Waals surface area contributed by atoms with Crippen LogP contribution in [-0.4, -0.2) is 9.55 Å². The largest absolute Gasteiger partial charge is 0.379 e. The van der Waals surface area contributed by atoms with Crippen molar-refractivity contribution in [3.63, 3.8) is 0 Å². The molecule has 1 aromatic heterocycles. The summed E-state index contributed by atoms with van der Waals surface area (Å²) in [6, 6.07) is 8.72. The molecule has 3 nitrogen and oxygen atoms in total. The molecule has 1 heterocycles. The highest BCUT2D eigenvalue weighted by atomic mass is 15.1. The Kier molecular flexibility index (Phi) is 5.01. The fourth-order valence-corrected chi connectivity index (χ4v) is 2.21. The predicted molar refractivity (Wildman–Crippen MR) is 80.3 cm³/mol. The Morgan fingerprint density at radius 3 is 2.58 bits per heavy atom. The van der Waals surface area contributed by atoms with Crippen LogP contribution in [0.4, 0.5) is 5.69 Å². The molecule has 102 valence electrons. The predicted octanol–water partition coefficient (Wildman–Crippen LogP) is 3.86. The maximum absolute atomic E-state index is 4.21. The number of aryl methyl sites for hydroxylation is 2. The van der Waals surface area contributed by atoms with Gasteiger partial charge in [-0.15, -0.1) is 0 Å². The second kappa shape index (κ2) is 6.98. The topological polar surface area (TPSA) is 29.9 Å². The fraction of sp³-hybridized carbons (Fsp3) is 0.438. The zero-order valence-corrected chi connectivity index (χ0v) is 11.9. The van der Waals surface area contributed by atoms with Crippen molar-refractivity contribution in [2.45, 2.75) is 46.2 Å². The molecule has 1 N–H and O–H groups in total. The molecule has 2 rings (SSSR count). The Hall–Kier alpha value is -1.77. The maximum Gasteiger partial charge on any atom is 0.0948 e. The summed E-state index contributed by atoms with van der Waals surface area (Å²) in [4.78, 5) is 4.21. The molecule has 0 saturated carbocycles. The van der Waals surface area contributed by atoms with Gasteiger partial charge in [0.25, 0.3) is 0 Å². The third-order valence-corrected chi connectivity index (χ3v) is 3.23. The second-order valence-corrected chi connectivity index (χ2v) is 4.88. The Labute approximate surface area is 115 Å². The highest BCUT2D eigenvalue weighted by Crippen LogP contribution is 2.12. The zero-order chi connectivity index (χ0) is 13.5. The monoisotopic (exact) mass is 257 g/mol. The number of anilines is 1. The normalized spacial score (nSPS) is 10.6. The van der Waals surface area contributed by atoms with Crippen LogP contribution in [0.1, 0.15) is 37.9 Å². The summed E-state index contributed by atoms with van der Waals surface area (Å²) in [7, 11) is 0. The average Bonchev–Trinajstić information content (AvgIpc) is 2.86. The van der Waals surface area contributed by atoms with Gasteiger partial charge >= 0.3 is 0 Å². The minimum Gasteiger partial charge on any atom is -0.379 e. The van der Waals surface area contributed by atoms with Gasteiger partial charge < -0.3 is 9.88 Å². The van der Waals surface area contributed by atoms with Crippen molar-refractivity contribution < 1.29 is 0 Å². The van der Waals surface area contributed by atoms with Crippen molar-refractivity contribution in [2.75, 3.05) is 5.32 Å². The van der Waals surface area contributed by atoms with Crippen LogP contribution in [0, 0.1) is 0 Å². The first kappa shape index (κ1) is 13.7. The van der Waals surface area contributed by atoms with Crippen molar-refractivity contribution in [2.24, 2.45) is 0 Å². The maximum atomic E-state index is 4.21. The lowest BCUT2D eigenvalue weighted by molar-refractivity contribution is 0.651. The number of nitrogens with zero attached hydrogens (tertiary/aromatic N) is 2. The molecule has 0 bridgehead atoms. The van der Waals surface area contributed by atoms with Gasteiger partial charge in [0.05, 0.1) is 18.6 Å². The molecule has 0 fully saturated rings. The Bertz CT molecular complexity index is 485. The van der Waals surface area contributed by atoms with Crippen molar-refractivity contribution in [3.05, 3.63) is 48.0 Å². The summed E-state index contributed by atoms with van der Waals surface area (Å²) in [6.07, 6.45) is 7.33. The SMILES string of the molecule is CCCc1ccc(NCc2cncn2CCC)cc1. The van der Waals surface area contributed by atoms with Gasteiger partial charge in [-0.1, -0.05) is 32.4 Å². The van der Waals surface area contributed by atoms with Crippen molar-refractivity contribution in [1.29, 1.82) is 0 Å². The van der Waals surface area contributed by atoms with Crippen LogP contribution < -0.4 is 5.32 Å². The summed E-state index contributed by atoms with van der Waals surface area (Å²) >= 11 is 0. The van der Waals surface area contributed by atoms with Crippen molar-refractivity contribution >= 4 is 5.69 Å². The Morgan fingerprint density at radius 1 is 1.11 bits per heavy atom. The van der Waals surface area contributed by atoms with Crippen LogP contribution in [0.2, 0.25) is 0 Å². The molecule has 1 aromatic carbocycles. The minimum absolute atomic E-state index is 0.827. The summed E-state index contributed by atoms with van der Waals surface area (Å²) < 4.78 is 2.21. The third kappa shape index (κ3) is 3.85. The summed E-state index contributed by atoms with van der Waals surface area (Å²) in [5.41, 5.74) is 3.81. The molecule has 19 heavy (non-hydrogen) atoms. The number of nitrogens with one attached hydrogen (secondary N) is 1. The van der Waals surface area contributed by atoms with Crippen LogP contribution >= 0.6 is 0 Å². The molecule has 0 amide bonds. The molecule has 0 spiro atoms. The fourth-order valence-electron chi connectivity index (χ4n) is 2.21. The lowest BCUT2D eigenvalue weighted by Gasteiger charge is -2.09. The summed E-state index contributed by atoms with van der Waals surface area (Å²) in [5.74, 6) is 0. The quantitative estimate of drug-likeness (QED) is 0.816. The van der Waals surface area contributed by atoms with E-state index in [2.05, 4.69) is 53.0 Å². The van der Waals surface area contributed by atoms with E-state index < -0.39 is 0 Å². The van der Waals surface area contributed by atoms with Gasteiger partial charge in [-0.2, -0.15) is 0 Å². The second-order valence-electron chi connectivity index (χ2n) is 4.88. The van der Waals surface area contributed by atoms with Gasteiger partial charge in [0, 0.05) is 18.4 Å². The highest BCUT2D eigenvalue weighted by molar-refractivity contribution is 5.44. The van der Waals surface area contributed by atoms with Gasteiger partial charge in [-0.3, -0.25) is 0 Å². The molecule has 0 atom stereocenters.